The lowest BCUT2D eigenvalue weighted by Gasteiger charge is -2.09. The molecule has 0 radical (unpaired) electrons. The second-order valence-corrected chi connectivity index (χ2v) is 6.89. The molecule has 0 aliphatic heterocycles. The van der Waals surface area contributed by atoms with Crippen molar-refractivity contribution in [2.75, 3.05) is 32.9 Å². The maximum Gasteiger partial charge on any atom is 0.325 e. The quantitative estimate of drug-likeness (QED) is 0.388. The van der Waals surface area contributed by atoms with Crippen LogP contribution >= 0.6 is 23.2 Å². The Hall–Kier alpha value is -2.97. The molecule has 2 N–H and O–H groups in total. The van der Waals surface area contributed by atoms with E-state index in [9.17, 15) is 14.4 Å². The molecule has 0 atom stereocenters. The predicted molar refractivity (Wildman–Crippen MR) is 116 cm³/mol. The molecular weight excluding hydrogens is 447 g/mol. The summed E-state index contributed by atoms with van der Waals surface area (Å²) in [5, 5.41) is 5.47. The second kappa shape index (κ2) is 12.7. The van der Waals surface area contributed by atoms with Crippen LogP contribution in [0.25, 0.3) is 0 Å². The number of rotatable bonds is 11. The number of hydrogen-bond donors (Lipinski definition) is 2. The summed E-state index contributed by atoms with van der Waals surface area (Å²) >= 11 is 11.6. The van der Waals surface area contributed by atoms with Crippen molar-refractivity contribution >= 4 is 41.0 Å². The molecule has 0 fully saturated rings. The minimum absolute atomic E-state index is 0.222. The molecule has 0 saturated carbocycles. The third-order valence-corrected chi connectivity index (χ3v) is 4.51. The Kier molecular flexibility index (Phi) is 9.93. The van der Waals surface area contributed by atoms with Crippen molar-refractivity contribution < 1.29 is 28.6 Å². The lowest BCUT2D eigenvalue weighted by atomic mass is 10.2. The van der Waals surface area contributed by atoms with Gasteiger partial charge in [-0.15, -0.1) is 0 Å². The van der Waals surface area contributed by atoms with Crippen molar-refractivity contribution in [2.45, 2.75) is 6.92 Å². The van der Waals surface area contributed by atoms with E-state index in [0.29, 0.717) is 17.4 Å². The van der Waals surface area contributed by atoms with Gasteiger partial charge in [-0.05, 0) is 49.4 Å². The van der Waals surface area contributed by atoms with E-state index in [2.05, 4.69) is 10.6 Å². The van der Waals surface area contributed by atoms with Crippen LogP contribution in [0, 0.1) is 0 Å². The molecule has 0 unspecified atom stereocenters. The molecule has 0 saturated heterocycles. The molecule has 0 aliphatic carbocycles. The molecule has 8 nitrogen and oxygen atoms in total. The average molecular weight is 469 g/mol. The molecule has 0 bridgehead atoms. The van der Waals surface area contributed by atoms with E-state index in [0.717, 1.165) is 5.75 Å². The van der Waals surface area contributed by atoms with Gasteiger partial charge in [0, 0.05) is 5.56 Å². The highest BCUT2D eigenvalue weighted by Gasteiger charge is 2.12. The number of carbonyl (C=O) groups excluding carboxylic acids is 3. The highest BCUT2D eigenvalue weighted by Crippen LogP contribution is 2.22. The summed E-state index contributed by atoms with van der Waals surface area (Å²) in [5.41, 5.74) is 0.243. The lowest BCUT2D eigenvalue weighted by Crippen LogP contribution is -2.35. The van der Waals surface area contributed by atoms with Gasteiger partial charge in [-0.2, -0.15) is 0 Å². The normalized spacial score (nSPS) is 10.2. The highest BCUT2D eigenvalue weighted by atomic mass is 35.5. The molecule has 2 rings (SSSR count). The summed E-state index contributed by atoms with van der Waals surface area (Å²) in [7, 11) is 0. The molecule has 0 heterocycles. The number of amides is 2. The van der Waals surface area contributed by atoms with E-state index in [1.807, 2.05) is 6.92 Å². The van der Waals surface area contributed by atoms with E-state index in [1.165, 1.54) is 18.2 Å². The van der Waals surface area contributed by atoms with Crippen LogP contribution in [0.3, 0.4) is 0 Å². The number of hydrogen-bond acceptors (Lipinski definition) is 6. The van der Waals surface area contributed by atoms with Gasteiger partial charge in [0.2, 0.25) is 0 Å². The van der Waals surface area contributed by atoms with Gasteiger partial charge in [0.05, 0.1) is 23.2 Å². The zero-order chi connectivity index (χ0) is 22.6. The molecule has 0 aromatic heterocycles. The van der Waals surface area contributed by atoms with E-state index in [4.69, 9.17) is 37.4 Å². The second-order valence-electron chi connectivity index (χ2n) is 6.08. The minimum atomic E-state index is -0.755. The fourth-order valence-electron chi connectivity index (χ4n) is 2.30. The molecular formula is C21H22Cl2N2O6. The van der Waals surface area contributed by atoms with Gasteiger partial charge >= 0.3 is 5.97 Å². The van der Waals surface area contributed by atoms with E-state index in [-0.39, 0.29) is 23.7 Å². The maximum atomic E-state index is 12.0. The van der Waals surface area contributed by atoms with Gasteiger partial charge in [-0.1, -0.05) is 23.2 Å². The van der Waals surface area contributed by atoms with E-state index in [1.54, 1.807) is 24.3 Å². The van der Waals surface area contributed by atoms with Gasteiger partial charge in [0.15, 0.2) is 6.61 Å². The smallest absolute Gasteiger partial charge is 0.325 e. The Morgan fingerprint density at radius 1 is 0.903 bits per heavy atom. The monoisotopic (exact) mass is 468 g/mol. The summed E-state index contributed by atoms with van der Waals surface area (Å²) < 4.78 is 15.7. The maximum absolute atomic E-state index is 12.0. The Balaban J connectivity index is 1.59. The van der Waals surface area contributed by atoms with Gasteiger partial charge in [0.1, 0.15) is 24.7 Å². The largest absolute Gasteiger partial charge is 0.494 e. The lowest BCUT2D eigenvalue weighted by molar-refractivity contribution is -0.147. The molecule has 2 aromatic carbocycles. The van der Waals surface area contributed by atoms with Crippen LogP contribution in [0.1, 0.15) is 17.3 Å². The number of nitrogens with one attached hydrogen (secondary N) is 2. The first kappa shape index (κ1) is 24.3. The fraction of sp³-hybridized carbons (Fsp3) is 0.286. The van der Waals surface area contributed by atoms with Crippen LogP contribution < -0.4 is 20.1 Å². The molecule has 2 amide bonds. The fourth-order valence-corrected chi connectivity index (χ4v) is 2.60. The van der Waals surface area contributed by atoms with Crippen LogP contribution in [-0.4, -0.2) is 50.7 Å². The summed E-state index contributed by atoms with van der Waals surface area (Å²) in [6, 6.07) is 11.4. The van der Waals surface area contributed by atoms with Gasteiger partial charge in [0.25, 0.3) is 11.8 Å². The topological polar surface area (TPSA) is 103 Å². The molecule has 0 aliphatic rings. The first-order chi connectivity index (χ1) is 14.9. The number of ether oxygens (including phenoxy) is 3. The first-order valence-electron chi connectivity index (χ1n) is 9.40. The summed E-state index contributed by atoms with van der Waals surface area (Å²) in [5.74, 6) is -0.375. The molecule has 166 valence electrons. The number of halogens is 2. The van der Waals surface area contributed by atoms with Crippen LogP contribution in [-0.2, 0) is 14.3 Å². The van der Waals surface area contributed by atoms with E-state index < -0.39 is 30.9 Å². The van der Waals surface area contributed by atoms with Crippen molar-refractivity contribution in [2.24, 2.45) is 0 Å². The number of esters is 1. The third kappa shape index (κ3) is 8.74. The zero-order valence-corrected chi connectivity index (χ0v) is 18.3. The number of benzene rings is 2. The van der Waals surface area contributed by atoms with Crippen LogP contribution in [0.4, 0.5) is 0 Å². The summed E-state index contributed by atoms with van der Waals surface area (Å²) in [6.07, 6.45) is 0. The molecule has 0 spiro atoms. The van der Waals surface area contributed by atoms with Crippen LogP contribution in [0.5, 0.6) is 11.5 Å². The average Bonchev–Trinajstić information content (AvgIpc) is 2.76. The van der Waals surface area contributed by atoms with Crippen molar-refractivity contribution in [3.05, 3.63) is 58.1 Å². The van der Waals surface area contributed by atoms with Crippen molar-refractivity contribution in [3.63, 3.8) is 0 Å². The molecule has 2 aromatic rings. The summed E-state index contributed by atoms with van der Waals surface area (Å²) in [6.45, 7) is 2.10. The molecule has 31 heavy (non-hydrogen) atoms. The Labute approximate surface area is 189 Å². The third-order valence-electron chi connectivity index (χ3n) is 3.77. The zero-order valence-electron chi connectivity index (χ0n) is 16.8. The van der Waals surface area contributed by atoms with E-state index >= 15 is 0 Å². The minimum Gasteiger partial charge on any atom is -0.494 e. The Morgan fingerprint density at radius 3 is 2.23 bits per heavy atom. The van der Waals surface area contributed by atoms with Gasteiger partial charge in [-0.25, -0.2) is 0 Å². The van der Waals surface area contributed by atoms with Crippen molar-refractivity contribution in [1.82, 2.24) is 10.6 Å². The summed E-state index contributed by atoms with van der Waals surface area (Å²) in [4.78, 5) is 35.4. The molecule has 10 heteroatoms. The van der Waals surface area contributed by atoms with Crippen molar-refractivity contribution in [3.8, 4) is 11.5 Å². The SMILES string of the molecule is CCOc1ccc(OCCNC(=O)COC(=O)CNC(=O)c2ccc(Cl)c(Cl)c2)cc1. The van der Waals surface area contributed by atoms with Gasteiger partial charge in [-0.3, -0.25) is 14.4 Å². The number of carbonyl (C=O) groups is 3. The van der Waals surface area contributed by atoms with Crippen molar-refractivity contribution in [1.29, 1.82) is 0 Å². The first-order valence-corrected chi connectivity index (χ1v) is 10.2. The van der Waals surface area contributed by atoms with Crippen LogP contribution in [0.15, 0.2) is 42.5 Å². The van der Waals surface area contributed by atoms with Gasteiger partial charge < -0.3 is 24.8 Å². The standard InChI is InChI=1S/C21H22Cl2N2O6/c1-2-29-15-4-6-16(7-5-15)30-10-9-24-19(26)13-31-20(27)12-25-21(28)14-3-8-17(22)18(23)11-14/h3-8,11H,2,9-10,12-13H2,1H3,(H,24,26)(H,25,28). The highest BCUT2D eigenvalue weighted by molar-refractivity contribution is 6.42. The Morgan fingerprint density at radius 2 is 1.58 bits per heavy atom. The van der Waals surface area contributed by atoms with Crippen LogP contribution in [0.2, 0.25) is 10.0 Å². The predicted octanol–water partition coefficient (Wildman–Crippen LogP) is 2.86. The Bertz CT molecular complexity index is 905.